The van der Waals surface area contributed by atoms with Gasteiger partial charge in [0.05, 0.1) is 18.1 Å². The number of benzene rings is 1. The Morgan fingerprint density at radius 2 is 2.11 bits per heavy atom. The van der Waals surface area contributed by atoms with Crippen LogP contribution in [-0.4, -0.2) is 23.3 Å². The van der Waals surface area contributed by atoms with Gasteiger partial charge < -0.3 is 14.9 Å². The van der Waals surface area contributed by atoms with Crippen LogP contribution in [0.4, 0.5) is 0 Å². The second-order valence-corrected chi connectivity index (χ2v) is 4.67. The molecule has 5 nitrogen and oxygen atoms in total. The first kappa shape index (κ1) is 13.8. The van der Waals surface area contributed by atoms with Crippen molar-refractivity contribution < 1.29 is 19.7 Å². The van der Waals surface area contributed by atoms with Crippen LogP contribution in [-0.2, 0) is 11.2 Å². The van der Waals surface area contributed by atoms with E-state index in [1.807, 2.05) is 6.07 Å². The average Bonchev–Trinajstić information content (AvgIpc) is 2.30. The summed E-state index contributed by atoms with van der Waals surface area (Å²) in [7, 11) is 1.38. The fourth-order valence-electron chi connectivity index (χ4n) is 1.59. The number of aliphatic carboxylic acids is 1. The lowest BCUT2D eigenvalue weighted by Crippen LogP contribution is -2.26. The summed E-state index contributed by atoms with van der Waals surface area (Å²) in [6.07, 6.45) is 0.244. The first-order chi connectivity index (χ1) is 8.31. The summed E-state index contributed by atoms with van der Waals surface area (Å²) in [5, 5.41) is 27.6. The van der Waals surface area contributed by atoms with E-state index in [9.17, 15) is 9.90 Å². The van der Waals surface area contributed by atoms with Crippen molar-refractivity contribution in [2.75, 3.05) is 7.11 Å². The molecule has 0 atom stereocenters. The number of carboxylic acid groups (broad SMARTS) is 1. The van der Waals surface area contributed by atoms with Crippen molar-refractivity contribution in [2.24, 2.45) is 5.41 Å². The molecule has 0 saturated heterocycles. The molecule has 96 valence electrons. The maximum absolute atomic E-state index is 11.1. The van der Waals surface area contributed by atoms with E-state index in [0.717, 1.165) is 0 Å². The van der Waals surface area contributed by atoms with E-state index in [0.29, 0.717) is 5.56 Å². The lowest BCUT2D eigenvalue weighted by atomic mass is 9.85. The number of ether oxygens (including phenoxy) is 1. The Morgan fingerprint density at radius 3 is 2.56 bits per heavy atom. The summed E-state index contributed by atoms with van der Waals surface area (Å²) >= 11 is 0. The largest absolute Gasteiger partial charge is 0.503 e. The summed E-state index contributed by atoms with van der Waals surface area (Å²) in [6.45, 7) is 3.20. The van der Waals surface area contributed by atoms with Gasteiger partial charge in [-0.1, -0.05) is 0 Å². The van der Waals surface area contributed by atoms with Crippen LogP contribution in [0.15, 0.2) is 12.1 Å². The number of nitriles is 1. The van der Waals surface area contributed by atoms with Gasteiger partial charge in [-0.15, -0.1) is 0 Å². The third kappa shape index (κ3) is 2.72. The van der Waals surface area contributed by atoms with Gasteiger partial charge in [0.15, 0.2) is 11.5 Å². The molecule has 0 amide bonds. The molecule has 2 N–H and O–H groups in total. The van der Waals surface area contributed by atoms with Crippen LogP contribution in [0.2, 0.25) is 0 Å². The normalized spacial score (nSPS) is 10.8. The Kier molecular flexibility index (Phi) is 3.82. The molecule has 0 aromatic heterocycles. The van der Waals surface area contributed by atoms with E-state index in [1.54, 1.807) is 19.9 Å². The van der Waals surface area contributed by atoms with Crippen LogP contribution >= 0.6 is 0 Å². The van der Waals surface area contributed by atoms with Crippen molar-refractivity contribution in [3.63, 3.8) is 0 Å². The Hall–Kier alpha value is -2.22. The monoisotopic (exact) mass is 249 g/mol. The molecule has 1 aromatic carbocycles. The summed E-state index contributed by atoms with van der Waals surface area (Å²) in [5.41, 5.74) is -0.242. The Bertz CT molecular complexity index is 514. The predicted molar refractivity (Wildman–Crippen MR) is 64.5 cm³/mol. The van der Waals surface area contributed by atoms with Crippen molar-refractivity contribution in [3.8, 4) is 17.6 Å². The molecule has 5 heteroatoms. The molecule has 0 radical (unpaired) electrons. The molecular weight excluding hydrogens is 234 g/mol. The van der Waals surface area contributed by atoms with Crippen LogP contribution < -0.4 is 4.74 Å². The van der Waals surface area contributed by atoms with E-state index in [1.165, 1.54) is 13.2 Å². The van der Waals surface area contributed by atoms with E-state index in [-0.39, 0.29) is 23.5 Å². The van der Waals surface area contributed by atoms with Crippen LogP contribution in [0, 0.1) is 16.7 Å². The quantitative estimate of drug-likeness (QED) is 0.850. The molecule has 0 aliphatic heterocycles. The highest BCUT2D eigenvalue weighted by molar-refractivity contribution is 5.74. The number of rotatable bonds is 4. The minimum absolute atomic E-state index is 0.0746. The average molecular weight is 249 g/mol. The van der Waals surface area contributed by atoms with Crippen LogP contribution in [0.1, 0.15) is 25.0 Å². The van der Waals surface area contributed by atoms with Crippen molar-refractivity contribution in [3.05, 3.63) is 23.3 Å². The predicted octanol–water partition coefficient (Wildman–Crippen LogP) is 1.93. The molecule has 0 heterocycles. The first-order valence-corrected chi connectivity index (χ1v) is 5.35. The molecule has 18 heavy (non-hydrogen) atoms. The summed E-state index contributed by atoms with van der Waals surface area (Å²) in [6, 6.07) is 4.87. The number of carboxylic acids is 1. The third-order valence-corrected chi connectivity index (χ3v) is 2.70. The van der Waals surface area contributed by atoms with Gasteiger partial charge >= 0.3 is 5.97 Å². The molecular formula is C13H15NO4. The van der Waals surface area contributed by atoms with Crippen molar-refractivity contribution in [2.45, 2.75) is 20.3 Å². The fraction of sp³-hybridized carbons (Fsp3) is 0.385. The zero-order valence-electron chi connectivity index (χ0n) is 10.5. The minimum Gasteiger partial charge on any atom is -0.503 e. The molecule has 0 bridgehead atoms. The molecule has 1 rings (SSSR count). The first-order valence-electron chi connectivity index (χ1n) is 5.35. The number of hydrogen-bond donors (Lipinski definition) is 2. The molecule has 0 fully saturated rings. The highest BCUT2D eigenvalue weighted by atomic mass is 16.5. The van der Waals surface area contributed by atoms with Crippen molar-refractivity contribution in [1.29, 1.82) is 5.26 Å². The number of phenols is 1. The number of nitrogens with zero attached hydrogens (tertiary/aromatic N) is 1. The smallest absolute Gasteiger partial charge is 0.309 e. The maximum atomic E-state index is 11.1. The van der Waals surface area contributed by atoms with Gasteiger partial charge in [-0.25, -0.2) is 0 Å². The molecule has 0 saturated carbocycles. The van der Waals surface area contributed by atoms with Crippen molar-refractivity contribution in [1.82, 2.24) is 0 Å². The summed E-state index contributed by atoms with van der Waals surface area (Å²) < 4.78 is 4.95. The maximum Gasteiger partial charge on any atom is 0.309 e. The van der Waals surface area contributed by atoms with Crippen LogP contribution in [0.5, 0.6) is 11.5 Å². The molecule has 0 unspecified atom stereocenters. The lowest BCUT2D eigenvalue weighted by Gasteiger charge is -2.19. The van der Waals surface area contributed by atoms with Gasteiger partial charge in [-0.3, -0.25) is 4.79 Å². The fourth-order valence-corrected chi connectivity index (χ4v) is 1.59. The zero-order valence-corrected chi connectivity index (χ0v) is 10.5. The third-order valence-electron chi connectivity index (χ3n) is 2.70. The Morgan fingerprint density at radius 1 is 1.50 bits per heavy atom. The number of methoxy groups -OCH3 is 1. The molecule has 0 aliphatic carbocycles. The van der Waals surface area contributed by atoms with Gasteiger partial charge in [0, 0.05) is 0 Å². The van der Waals surface area contributed by atoms with Crippen molar-refractivity contribution >= 4 is 5.97 Å². The molecule has 0 aliphatic rings. The highest BCUT2D eigenvalue weighted by Crippen LogP contribution is 2.33. The SMILES string of the molecule is COc1cc(CC(C)(C)C(=O)O)cc(C#N)c1O. The number of aromatic hydroxyl groups is 1. The second kappa shape index (κ2) is 4.96. The van der Waals surface area contributed by atoms with Gasteiger partial charge in [-0.2, -0.15) is 5.26 Å². The van der Waals surface area contributed by atoms with Gasteiger partial charge in [0.2, 0.25) is 0 Å². The van der Waals surface area contributed by atoms with E-state index in [4.69, 9.17) is 15.1 Å². The van der Waals surface area contributed by atoms with E-state index < -0.39 is 11.4 Å². The minimum atomic E-state index is -0.950. The van der Waals surface area contributed by atoms with Gasteiger partial charge in [0.25, 0.3) is 0 Å². The van der Waals surface area contributed by atoms with Gasteiger partial charge in [0.1, 0.15) is 6.07 Å². The number of carbonyl (C=O) groups is 1. The molecule has 0 spiro atoms. The lowest BCUT2D eigenvalue weighted by molar-refractivity contribution is -0.146. The number of hydrogen-bond acceptors (Lipinski definition) is 4. The van der Waals surface area contributed by atoms with E-state index in [2.05, 4.69) is 0 Å². The Labute approximate surface area is 105 Å². The van der Waals surface area contributed by atoms with Crippen LogP contribution in [0.25, 0.3) is 0 Å². The van der Waals surface area contributed by atoms with Crippen LogP contribution in [0.3, 0.4) is 0 Å². The topological polar surface area (TPSA) is 90.5 Å². The van der Waals surface area contributed by atoms with Gasteiger partial charge in [-0.05, 0) is 38.0 Å². The standard InChI is InChI=1S/C13H15NO4/c1-13(2,12(16)17)6-8-4-9(7-14)11(15)10(5-8)18-3/h4-5,15H,6H2,1-3H3,(H,16,17). The zero-order chi connectivity index (χ0) is 13.9. The highest BCUT2D eigenvalue weighted by Gasteiger charge is 2.28. The second-order valence-electron chi connectivity index (χ2n) is 4.67. The Balaban J connectivity index is 3.20. The number of phenolic OH excluding ortho intramolecular Hbond substituents is 1. The summed E-state index contributed by atoms with van der Waals surface area (Å²) in [5.74, 6) is -0.977. The van der Waals surface area contributed by atoms with E-state index >= 15 is 0 Å². The molecule has 1 aromatic rings. The summed E-state index contributed by atoms with van der Waals surface area (Å²) in [4.78, 5) is 11.1.